The van der Waals surface area contributed by atoms with Crippen LogP contribution in [0.2, 0.25) is 0 Å². The van der Waals surface area contributed by atoms with Gasteiger partial charge in [0.2, 0.25) is 6.29 Å². The maximum absolute atomic E-state index is 11.6. The minimum Gasteiger partial charge on any atom is -0.461 e. The summed E-state index contributed by atoms with van der Waals surface area (Å²) in [7, 11) is 0. The van der Waals surface area contributed by atoms with E-state index >= 15 is 0 Å². The molecule has 1 aromatic carbocycles. The molecule has 0 spiro atoms. The molecule has 4 N–H and O–H groups in total. The Balaban J connectivity index is 1.93. The zero-order chi connectivity index (χ0) is 16.6. The van der Waals surface area contributed by atoms with Crippen molar-refractivity contribution in [2.24, 2.45) is 0 Å². The van der Waals surface area contributed by atoms with Gasteiger partial charge in [-0.15, -0.1) is 0 Å². The van der Waals surface area contributed by atoms with Crippen molar-refractivity contribution < 1.29 is 34.3 Å². The minimum absolute atomic E-state index is 0.0983. The third-order valence-corrected chi connectivity index (χ3v) is 3.70. The Morgan fingerprint density at radius 3 is 2.57 bits per heavy atom. The number of aliphatic hydroxyl groups is 4. The molecular formula is C15H16O8. The van der Waals surface area contributed by atoms with E-state index in [1.54, 1.807) is 24.3 Å². The van der Waals surface area contributed by atoms with Crippen LogP contribution in [-0.2, 0) is 4.74 Å². The summed E-state index contributed by atoms with van der Waals surface area (Å²) in [5.41, 5.74) is -0.358. The Kier molecular flexibility index (Phi) is 4.33. The molecule has 0 radical (unpaired) electrons. The van der Waals surface area contributed by atoms with Crippen molar-refractivity contribution in [3.05, 3.63) is 40.8 Å². The third kappa shape index (κ3) is 2.94. The predicted molar refractivity (Wildman–Crippen MR) is 76.9 cm³/mol. The van der Waals surface area contributed by atoms with Gasteiger partial charge in [-0.25, -0.2) is 4.79 Å². The number of para-hydroxylation sites is 1. The molecule has 3 rings (SSSR count). The average Bonchev–Trinajstić information content (AvgIpc) is 2.55. The summed E-state index contributed by atoms with van der Waals surface area (Å²) >= 11 is 0. The van der Waals surface area contributed by atoms with Gasteiger partial charge >= 0.3 is 5.63 Å². The van der Waals surface area contributed by atoms with Gasteiger partial charge in [0.25, 0.3) is 0 Å². The highest BCUT2D eigenvalue weighted by Gasteiger charge is 2.44. The van der Waals surface area contributed by atoms with E-state index in [2.05, 4.69) is 0 Å². The molecule has 1 aromatic heterocycles. The highest BCUT2D eigenvalue weighted by Crippen LogP contribution is 2.28. The molecule has 0 aliphatic carbocycles. The lowest BCUT2D eigenvalue weighted by Gasteiger charge is -2.39. The van der Waals surface area contributed by atoms with Crippen molar-refractivity contribution in [2.45, 2.75) is 30.7 Å². The minimum atomic E-state index is -1.56. The second-order valence-electron chi connectivity index (χ2n) is 5.24. The quantitative estimate of drug-likeness (QED) is 0.528. The van der Waals surface area contributed by atoms with Crippen LogP contribution in [0, 0.1) is 0 Å². The lowest BCUT2D eigenvalue weighted by molar-refractivity contribution is -0.277. The first-order chi connectivity index (χ1) is 11.0. The zero-order valence-corrected chi connectivity index (χ0v) is 11.9. The van der Waals surface area contributed by atoms with Crippen molar-refractivity contribution in [2.75, 3.05) is 6.61 Å². The fourth-order valence-corrected chi connectivity index (χ4v) is 2.47. The van der Waals surface area contributed by atoms with Gasteiger partial charge in [-0.1, -0.05) is 12.1 Å². The summed E-state index contributed by atoms with van der Waals surface area (Å²) in [4.78, 5) is 11.6. The molecule has 23 heavy (non-hydrogen) atoms. The van der Waals surface area contributed by atoms with Crippen molar-refractivity contribution in [3.63, 3.8) is 0 Å². The molecule has 0 saturated carbocycles. The average molecular weight is 324 g/mol. The Bertz CT molecular complexity index is 740. The Hall–Kier alpha value is -1.97. The number of fused-ring (bicyclic) bond motifs is 1. The van der Waals surface area contributed by atoms with Gasteiger partial charge in [0.05, 0.1) is 18.1 Å². The molecule has 0 amide bonds. The van der Waals surface area contributed by atoms with Crippen LogP contribution >= 0.6 is 0 Å². The van der Waals surface area contributed by atoms with E-state index in [4.69, 9.17) is 19.0 Å². The van der Waals surface area contributed by atoms with Crippen molar-refractivity contribution in [1.82, 2.24) is 0 Å². The van der Waals surface area contributed by atoms with Crippen molar-refractivity contribution in [3.8, 4) is 5.75 Å². The van der Waals surface area contributed by atoms with Crippen LogP contribution in [0.15, 0.2) is 39.5 Å². The maximum Gasteiger partial charge on any atom is 0.339 e. The fraction of sp³-hybridized carbons (Fsp3) is 0.400. The Morgan fingerprint density at radius 1 is 1.09 bits per heavy atom. The van der Waals surface area contributed by atoms with Crippen LogP contribution in [0.4, 0.5) is 0 Å². The van der Waals surface area contributed by atoms with E-state index in [0.29, 0.717) is 11.0 Å². The van der Waals surface area contributed by atoms with E-state index in [0.717, 1.165) is 6.07 Å². The van der Waals surface area contributed by atoms with Crippen LogP contribution in [0.3, 0.4) is 0 Å². The molecule has 0 bridgehead atoms. The summed E-state index contributed by atoms with van der Waals surface area (Å²) in [5, 5.41) is 39.1. The number of hydrogen-bond acceptors (Lipinski definition) is 8. The molecule has 2 aromatic rings. The maximum atomic E-state index is 11.6. The first-order valence-electron chi connectivity index (χ1n) is 7.01. The van der Waals surface area contributed by atoms with Crippen LogP contribution in [0.25, 0.3) is 11.0 Å². The SMILES string of the molecule is O=c1cc(OC2O[C@H](CO)[C@@H](O)[C@H](O)[C@H]2O)c2ccccc2o1. The van der Waals surface area contributed by atoms with E-state index in [1.807, 2.05) is 0 Å². The highest BCUT2D eigenvalue weighted by molar-refractivity contribution is 5.82. The smallest absolute Gasteiger partial charge is 0.339 e. The lowest BCUT2D eigenvalue weighted by atomic mass is 9.99. The van der Waals surface area contributed by atoms with Gasteiger partial charge < -0.3 is 34.3 Å². The molecule has 1 fully saturated rings. The van der Waals surface area contributed by atoms with Crippen LogP contribution in [0.1, 0.15) is 0 Å². The summed E-state index contributed by atoms with van der Waals surface area (Å²) in [5.74, 6) is 0.0983. The molecule has 8 nitrogen and oxygen atoms in total. The summed E-state index contributed by atoms with van der Waals surface area (Å²) < 4.78 is 15.8. The van der Waals surface area contributed by atoms with Gasteiger partial charge in [-0.3, -0.25) is 0 Å². The van der Waals surface area contributed by atoms with Gasteiger partial charge in [0.15, 0.2) is 0 Å². The van der Waals surface area contributed by atoms with E-state index in [9.17, 15) is 20.1 Å². The molecule has 8 heteroatoms. The van der Waals surface area contributed by atoms with Gasteiger partial charge in [-0.2, -0.15) is 0 Å². The number of ether oxygens (including phenoxy) is 2. The Morgan fingerprint density at radius 2 is 1.83 bits per heavy atom. The number of hydrogen-bond donors (Lipinski definition) is 4. The molecule has 1 aliphatic rings. The van der Waals surface area contributed by atoms with Gasteiger partial charge in [-0.05, 0) is 12.1 Å². The van der Waals surface area contributed by atoms with Crippen LogP contribution < -0.4 is 10.4 Å². The highest BCUT2D eigenvalue weighted by atomic mass is 16.7. The topological polar surface area (TPSA) is 130 Å². The first kappa shape index (κ1) is 15.9. The van der Waals surface area contributed by atoms with Crippen molar-refractivity contribution in [1.29, 1.82) is 0 Å². The van der Waals surface area contributed by atoms with Gasteiger partial charge in [0.1, 0.15) is 35.7 Å². The zero-order valence-electron chi connectivity index (χ0n) is 11.9. The number of rotatable bonds is 3. The molecular weight excluding hydrogens is 308 g/mol. The molecule has 5 atom stereocenters. The largest absolute Gasteiger partial charge is 0.461 e. The van der Waals surface area contributed by atoms with E-state index in [-0.39, 0.29) is 5.75 Å². The standard InChI is InChI=1S/C15H16O8/c16-6-10-12(18)13(19)14(20)15(23-10)22-9-5-11(17)21-8-4-2-1-3-7(8)9/h1-5,10,12-16,18-20H,6H2/t10-,12-,13+,14-,15?/m1/s1. The van der Waals surface area contributed by atoms with Crippen molar-refractivity contribution >= 4 is 11.0 Å². The molecule has 1 aliphatic heterocycles. The number of benzene rings is 1. The second-order valence-corrected chi connectivity index (χ2v) is 5.24. The molecule has 1 unspecified atom stereocenters. The summed E-state index contributed by atoms with van der Waals surface area (Å²) in [6, 6.07) is 7.71. The Labute approximate surface area is 130 Å². The second kappa shape index (κ2) is 6.26. The summed E-state index contributed by atoms with van der Waals surface area (Å²) in [6.07, 6.45) is -7.05. The normalized spacial score (nSPS) is 31.2. The monoisotopic (exact) mass is 324 g/mol. The van der Waals surface area contributed by atoms with Crippen LogP contribution in [-0.4, -0.2) is 57.7 Å². The molecule has 2 heterocycles. The van der Waals surface area contributed by atoms with E-state index < -0.39 is 42.9 Å². The lowest BCUT2D eigenvalue weighted by Crippen LogP contribution is -2.60. The van der Waals surface area contributed by atoms with Crippen LogP contribution in [0.5, 0.6) is 5.75 Å². The fourth-order valence-electron chi connectivity index (χ4n) is 2.47. The molecule has 1 saturated heterocycles. The third-order valence-electron chi connectivity index (χ3n) is 3.70. The van der Waals surface area contributed by atoms with Gasteiger partial charge in [0, 0.05) is 0 Å². The first-order valence-corrected chi connectivity index (χ1v) is 7.01. The van der Waals surface area contributed by atoms with E-state index in [1.165, 1.54) is 0 Å². The number of aliphatic hydroxyl groups excluding tert-OH is 4. The molecule has 124 valence electrons. The summed E-state index contributed by atoms with van der Waals surface area (Å²) in [6.45, 7) is -0.567. The predicted octanol–water partition coefficient (Wildman–Crippen LogP) is -1.03.